The van der Waals surface area contributed by atoms with Gasteiger partial charge in [-0.1, -0.05) is 53.7 Å². The van der Waals surface area contributed by atoms with Gasteiger partial charge in [0.15, 0.2) is 0 Å². The van der Waals surface area contributed by atoms with Crippen molar-refractivity contribution in [2.75, 3.05) is 4.90 Å². The lowest BCUT2D eigenvalue weighted by Crippen LogP contribution is -2.25. The van der Waals surface area contributed by atoms with E-state index >= 15 is 0 Å². The predicted octanol–water partition coefficient (Wildman–Crippen LogP) is 3.65. The number of hydrogen-bond acceptors (Lipinski definition) is 4. The molecule has 5 nitrogen and oxygen atoms in total. The first kappa shape index (κ1) is 14.5. The van der Waals surface area contributed by atoms with Crippen LogP contribution in [0.3, 0.4) is 0 Å². The van der Waals surface area contributed by atoms with Gasteiger partial charge in [-0.25, -0.2) is 4.99 Å². The van der Waals surface area contributed by atoms with Crippen LogP contribution in [0.1, 0.15) is 12.5 Å². The van der Waals surface area contributed by atoms with Crippen LogP contribution in [0, 0.1) is 11.3 Å². The molecule has 0 saturated heterocycles. The Hall–Kier alpha value is -3.39. The summed E-state index contributed by atoms with van der Waals surface area (Å²) in [6.45, 7) is 1.81. The van der Waals surface area contributed by atoms with Crippen molar-refractivity contribution < 1.29 is 5.21 Å². The molecular weight excluding hydrogens is 288 g/mol. The molecular formula is C18H14N4O. The molecule has 0 saturated carbocycles. The van der Waals surface area contributed by atoms with E-state index in [4.69, 9.17) is 0 Å². The Bertz CT molecular complexity index is 846. The first-order chi connectivity index (χ1) is 11.3. The number of anilines is 1. The normalized spacial score (nSPS) is 17.8. The summed E-state index contributed by atoms with van der Waals surface area (Å²) in [6, 6.07) is 21.1. The predicted molar refractivity (Wildman–Crippen MR) is 90.2 cm³/mol. The van der Waals surface area contributed by atoms with Gasteiger partial charge in [-0.2, -0.15) is 5.26 Å². The lowest BCUT2D eigenvalue weighted by Gasteiger charge is -2.21. The van der Waals surface area contributed by atoms with Crippen LogP contribution in [0.15, 0.2) is 76.5 Å². The lowest BCUT2D eigenvalue weighted by molar-refractivity contribution is 0.319. The molecule has 0 atom stereocenters. The zero-order valence-electron chi connectivity index (χ0n) is 12.5. The Labute approximate surface area is 134 Å². The van der Waals surface area contributed by atoms with E-state index in [1.807, 2.05) is 72.5 Å². The van der Waals surface area contributed by atoms with Crippen LogP contribution < -0.4 is 4.90 Å². The summed E-state index contributed by atoms with van der Waals surface area (Å²) in [6.07, 6.45) is 0. The van der Waals surface area contributed by atoms with Gasteiger partial charge in [-0.15, -0.1) is 0 Å². The largest absolute Gasteiger partial charge is 0.409 e. The van der Waals surface area contributed by atoms with Crippen LogP contribution in [0.25, 0.3) is 5.57 Å². The highest BCUT2D eigenvalue weighted by Gasteiger charge is 2.31. The third-order valence-corrected chi connectivity index (χ3v) is 3.55. The highest BCUT2D eigenvalue weighted by Crippen LogP contribution is 2.31. The second-order valence-electron chi connectivity index (χ2n) is 4.96. The Morgan fingerprint density at radius 1 is 1.09 bits per heavy atom. The van der Waals surface area contributed by atoms with E-state index in [-0.39, 0.29) is 5.84 Å². The number of nitrogens with zero attached hydrogens (tertiary/aromatic N) is 4. The van der Waals surface area contributed by atoms with Crippen molar-refractivity contribution >= 4 is 22.9 Å². The first-order valence-electron chi connectivity index (χ1n) is 7.09. The van der Waals surface area contributed by atoms with Crippen LogP contribution >= 0.6 is 0 Å². The van der Waals surface area contributed by atoms with Crippen LogP contribution in [0.4, 0.5) is 5.69 Å². The minimum absolute atomic E-state index is 0.131. The number of benzene rings is 2. The summed E-state index contributed by atoms with van der Waals surface area (Å²) in [7, 11) is 0. The number of allylic oxidation sites excluding steroid dienone is 1. The minimum atomic E-state index is 0.131. The Kier molecular flexibility index (Phi) is 3.89. The van der Waals surface area contributed by atoms with Gasteiger partial charge < -0.3 is 5.21 Å². The highest BCUT2D eigenvalue weighted by molar-refractivity contribution is 6.26. The van der Waals surface area contributed by atoms with E-state index in [2.05, 4.69) is 16.2 Å². The highest BCUT2D eigenvalue weighted by atomic mass is 16.4. The average molecular weight is 302 g/mol. The van der Waals surface area contributed by atoms with Crippen molar-refractivity contribution in [1.29, 1.82) is 5.26 Å². The van der Waals surface area contributed by atoms with Crippen molar-refractivity contribution in [3.63, 3.8) is 0 Å². The van der Waals surface area contributed by atoms with E-state index in [1.165, 1.54) is 0 Å². The monoisotopic (exact) mass is 302 g/mol. The molecule has 3 rings (SSSR count). The van der Waals surface area contributed by atoms with Crippen LogP contribution in [0.2, 0.25) is 0 Å². The van der Waals surface area contributed by atoms with Gasteiger partial charge in [0.1, 0.15) is 17.6 Å². The molecule has 0 amide bonds. The maximum Gasteiger partial charge on any atom is 0.218 e. The van der Waals surface area contributed by atoms with E-state index in [0.717, 1.165) is 11.3 Å². The van der Waals surface area contributed by atoms with Gasteiger partial charge >= 0.3 is 0 Å². The van der Waals surface area contributed by atoms with Crippen molar-refractivity contribution in [2.45, 2.75) is 6.92 Å². The minimum Gasteiger partial charge on any atom is -0.409 e. The third-order valence-electron chi connectivity index (χ3n) is 3.55. The number of oxime groups is 1. The number of rotatable bonds is 2. The van der Waals surface area contributed by atoms with Crippen LogP contribution in [-0.2, 0) is 0 Å². The average Bonchev–Trinajstić information content (AvgIpc) is 2.94. The molecule has 0 fully saturated rings. The molecule has 5 heteroatoms. The summed E-state index contributed by atoms with van der Waals surface area (Å²) in [5, 5.41) is 22.3. The second kappa shape index (κ2) is 6.16. The first-order valence-corrected chi connectivity index (χ1v) is 7.09. The Morgan fingerprint density at radius 2 is 1.70 bits per heavy atom. The lowest BCUT2D eigenvalue weighted by atomic mass is 10.0. The maximum atomic E-state index is 9.68. The van der Waals surface area contributed by atoms with Gasteiger partial charge in [-0.3, -0.25) is 4.90 Å². The number of hydrogen-bond donors (Lipinski definition) is 1. The Balaban J connectivity index is 2.25. The molecule has 1 N–H and O–H groups in total. The van der Waals surface area contributed by atoms with Gasteiger partial charge in [0.25, 0.3) is 0 Å². The number of nitriles is 1. The van der Waals surface area contributed by atoms with Gasteiger partial charge in [0, 0.05) is 5.69 Å². The molecule has 2 aromatic carbocycles. The molecule has 1 aliphatic rings. The van der Waals surface area contributed by atoms with Crippen LogP contribution in [-0.4, -0.2) is 16.9 Å². The topological polar surface area (TPSA) is 72.0 Å². The molecule has 0 aliphatic carbocycles. The van der Waals surface area contributed by atoms with Crippen molar-refractivity contribution in [2.24, 2.45) is 10.1 Å². The fourth-order valence-electron chi connectivity index (χ4n) is 2.56. The smallest absolute Gasteiger partial charge is 0.218 e. The van der Waals surface area contributed by atoms with Gasteiger partial charge in [0.05, 0.1) is 5.57 Å². The summed E-state index contributed by atoms with van der Waals surface area (Å²) >= 11 is 0. The number of amidine groups is 2. The molecule has 112 valence electrons. The zero-order valence-corrected chi connectivity index (χ0v) is 12.5. The molecule has 2 aromatic rings. The molecule has 0 spiro atoms. The molecule has 1 heterocycles. The molecule has 1 aliphatic heterocycles. The maximum absolute atomic E-state index is 9.68. The zero-order chi connectivity index (χ0) is 16.2. The summed E-state index contributed by atoms with van der Waals surface area (Å²) in [4.78, 5) is 6.09. The van der Waals surface area contributed by atoms with Gasteiger partial charge in [0.2, 0.25) is 5.84 Å². The van der Waals surface area contributed by atoms with E-state index in [1.54, 1.807) is 0 Å². The number of para-hydroxylation sites is 1. The second-order valence-corrected chi connectivity index (χ2v) is 4.96. The van der Waals surface area contributed by atoms with Crippen molar-refractivity contribution in [1.82, 2.24) is 0 Å². The van der Waals surface area contributed by atoms with E-state index in [9.17, 15) is 10.5 Å². The van der Waals surface area contributed by atoms with E-state index in [0.29, 0.717) is 17.1 Å². The fourth-order valence-corrected chi connectivity index (χ4v) is 2.56. The number of aliphatic imine (C=N–C) groups is 1. The standard InChI is InChI=1S/C18H14N4O/c1-13-20-18(21-23)17(22(13)15-10-6-3-7-11-15)16(12-19)14-8-4-2-5-9-14/h2-11,23H,1H3/b17-16+,21-18-. The Morgan fingerprint density at radius 3 is 2.26 bits per heavy atom. The molecule has 0 unspecified atom stereocenters. The van der Waals surface area contributed by atoms with Crippen molar-refractivity contribution in [3.8, 4) is 6.07 Å². The fraction of sp³-hybridized carbons (Fsp3) is 0.0556. The molecule has 23 heavy (non-hydrogen) atoms. The molecule has 0 radical (unpaired) electrons. The van der Waals surface area contributed by atoms with Crippen LogP contribution in [0.5, 0.6) is 0 Å². The quantitative estimate of drug-likeness (QED) is 0.523. The summed E-state index contributed by atoms with van der Waals surface area (Å²) < 4.78 is 0. The molecule has 0 aromatic heterocycles. The summed E-state index contributed by atoms with van der Waals surface area (Å²) in [5.41, 5.74) is 2.48. The SMILES string of the molecule is CC1=NC(=N\O)/C(=C(/C#N)c2ccccc2)N1c1ccccc1. The van der Waals surface area contributed by atoms with Gasteiger partial charge in [-0.05, 0) is 24.6 Å². The van der Waals surface area contributed by atoms with Crippen molar-refractivity contribution in [3.05, 3.63) is 71.9 Å². The molecule has 0 bridgehead atoms. The van der Waals surface area contributed by atoms with E-state index < -0.39 is 0 Å². The third kappa shape index (κ3) is 2.58. The summed E-state index contributed by atoms with van der Waals surface area (Å²) in [5.74, 6) is 0.773.